The minimum absolute atomic E-state index is 0.123. The molecule has 0 radical (unpaired) electrons. The first-order valence-corrected chi connectivity index (χ1v) is 11.1. The van der Waals surface area contributed by atoms with Crippen molar-refractivity contribution >= 4 is 48.2 Å². The lowest BCUT2D eigenvalue weighted by molar-refractivity contribution is -0.143. The molecule has 0 aliphatic rings. The summed E-state index contributed by atoms with van der Waals surface area (Å²) in [6, 6.07) is 3.24. The maximum absolute atomic E-state index is 12.8. The van der Waals surface area contributed by atoms with E-state index in [1.807, 2.05) is 0 Å². The molecule has 14 heteroatoms. The van der Waals surface area contributed by atoms with Crippen molar-refractivity contribution in [2.45, 2.75) is 49.9 Å². The number of carbonyl (C=O) groups is 6. The molecule has 192 valence electrons. The van der Waals surface area contributed by atoms with E-state index in [4.69, 9.17) is 16.6 Å². The molecule has 1 aromatic carbocycles. The first kappa shape index (κ1) is 29.4. The van der Waals surface area contributed by atoms with Crippen LogP contribution in [0, 0.1) is 0 Å². The second kappa shape index (κ2) is 14.6. The van der Waals surface area contributed by atoms with E-state index in [9.17, 15) is 33.9 Å². The van der Waals surface area contributed by atoms with Gasteiger partial charge in [-0.25, -0.2) is 4.79 Å². The third-order valence-electron chi connectivity index (χ3n) is 4.76. The minimum Gasteiger partial charge on any atom is -0.481 e. The number of benzene rings is 1. The number of thiol groups is 1. The summed E-state index contributed by atoms with van der Waals surface area (Å²) >= 11 is 3.83. The van der Waals surface area contributed by atoms with E-state index in [0.717, 1.165) is 5.56 Å². The number of primary amides is 1. The third kappa shape index (κ3) is 10.9. The van der Waals surface area contributed by atoms with Crippen LogP contribution in [0.2, 0.25) is 0 Å². The highest BCUT2D eigenvalue weighted by Gasteiger charge is 2.31. The zero-order valence-corrected chi connectivity index (χ0v) is 19.6. The fourth-order valence-electron chi connectivity index (χ4n) is 2.91. The molecule has 9 N–H and O–H groups in total. The molecule has 0 saturated carbocycles. The van der Waals surface area contributed by atoms with E-state index in [1.54, 1.807) is 30.3 Å². The van der Waals surface area contributed by atoms with Gasteiger partial charge in [0.25, 0.3) is 0 Å². The number of nitrogens with two attached hydrogens (primary N) is 2. The van der Waals surface area contributed by atoms with Crippen LogP contribution in [0.25, 0.3) is 0 Å². The monoisotopic (exact) mass is 511 g/mol. The molecule has 4 atom stereocenters. The molecule has 0 heterocycles. The van der Waals surface area contributed by atoms with Crippen molar-refractivity contribution in [1.82, 2.24) is 16.0 Å². The molecule has 1 aromatic rings. The van der Waals surface area contributed by atoms with Crippen LogP contribution in [0.15, 0.2) is 30.3 Å². The summed E-state index contributed by atoms with van der Waals surface area (Å²) in [5.74, 6) is -6.64. The number of carboxylic acid groups (broad SMARTS) is 2. The number of amides is 4. The van der Waals surface area contributed by atoms with Crippen molar-refractivity contribution in [2.75, 3.05) is 5.75 Å². The van der Waals surface area contributed by atoms with Gasteiger partial charge in [0, 0.05) is 12.2 Å². The summed E-state index contributed by atoms with van der Waals surface area (Å²) in [6.07, 6.45) is -1.34. The van der Waals surface area contributed by atoms with Gasteiger partial charge in [-0.1, -0.05) is 30.3 Å². The predicted octanol–water partition coefficient (Wildman–Crippen LogP) is -2.23. The third-order valence-corrected chi connectivity index (χ3v) is 5.12. The second-order valence-electron chi connectivity index (χ2n) is 7.60. The van der Waals surface area contributed by atoms with Crippen molar-refractivity contribution < 1.29 is 39.0 Å². The topological polar surface area (TPSA) is 231 Å². The van der Waals surface area contributed by atoms with Gasteiger partial charge in [-0.3, -0.25) is 24.0 Å². The number of aliphatic carboxylic acids is 2. The molecule has 13 nitrogen and oxygen atoms in total. The van der Waals surface area contributed by atoms with E-state index >= 15 is 0 Å². The number of carbonyl (C=O) groups excluding carboxylic acids is 4. The highest BCUT2D eigenvalue weighted by molar-refractivity contribution is 7.80. The van der Waals surface area contributed by atoms with Gasteiger partial charge in [-0.05, 0) is 18.4 Å². The minimum atomic E-state index is -1.61. The molecule has 0 aromatic heterocycles. The zero-order valence-electron chi connectivity index (χ0n) is 18.7. The Hall–Kier alpha value is -3.65. The van der Waals surface area contributed by atoms with Crippen LogP contribution in [-0.4, -0.2) is 75.7 Å². The van der Waals surface area contributed by atoms with Gasteiger partial charge in [0.05, 0.1) is 12.5 Å². The lowest BCUT2D eigenvalue weighted by atomic mass is 10.0. The molecule has 0 spiro atoms. The quantitative estimate of drug-likeness (QED) is 0.119. The van der Waals surface area contributed by atoms with Gasteiger partial charge in [0.2, 0.25) is 23.6 Å². The van der Waals surface area contributed by atoms with Crippen molar-refractivity contribution in [3.63, 3.8) is 0 Å². The zero-order chi connectivity index (χ0) is 26.5. The summed E-state index contributed by atoms with van der Waals surface area (Å²) in [6.45, 7) is 0. The van der Waals surface area contributed by atoms with Crippen LogP contribution in [-0.2, 0) is 35.2 Å². The van der Waals surface area contributed by atoms with Gasteiger partial charge in [-0.15, -0.1) is 0 Å². The fourth-order valence-corrected chi connectivity index (χ4v) is 3.16. The smallest absolute Gasteiger partial charge is 0.327 e. The lowest BCUT2D eigenvalue weighted by Crippen LogP contribution is -2.58. The van der Waals surface area contributed by atoms with Gasteiger partial charge in [-0.2, -0.15) is 12.6 Å². The van der Waals surface area contributed by atoms with E-state index in [2.05, 4.69) is 28.6 Å². The fraction of sp³-hybridized carbons (Fsp3) is 0.429. The molecule has 4 unspecified atom stereocenters. The highest BCUT2D eigenvalue weighted by Crippen LogP contribution is 2.05. The van der Waals surface area contributed by atoms with Crippen molar-refractivity contribution in [2.24, 2.45) is 11.5 Å². The maximum atomic E-state index is 12.8. The Bertz CT molecular complexity index is 930. The first-order chi connectivity index (χ1) is 16.4. The Balaban J connectivity index is 2.96. The van der Waals surface area contributed by atoms with Gasteiger partial charge < -0.3 is 37.6 Å². The summed E-state index contributed by atoms with van der Waals surface area (Å²) in [4.78, 5) is 71.5. The summed E-state index contributed by atoms with van der Waals surface area (Å²) in [7, 11) is 0. The van der Waals surface area contributed by atoms with Crippen LogP contribution in [0.3, 0.4) is 0 Å². The molecule has 0 aliphatic carbocycles. The molecular formula is C21H29N5O8S. The van der Waals surface area contributed by atoms with Crippen LogP contribution in [0.5, 0.6) is 0 Å². The molecular weight excluding hydrogens is 482 g/mol. The highest BCUT2D eigenvalue weighted by atomic mass is 32.1. The Labute approximate surface area is 206 Å². The predicted molar refractivity (Wildman–Crippen MR) is 126 cm³/mol. The summed E-state index contributed by atoms with van der Waals surface area (Å²) < 4.78 is 0. The molecule has 1 rings (SSSR count). The van der Waals surface area contributed by atoms with E-state index in [1.165, 1.54) is 0 Å². The van der Waals surface area contributed by atoms with Crippen molar-refractivity contribution in [1.29, 1.82) is 0 Å². The Kier molecular flexibility index (Phi) is 12.2. The SMILES string of the molecule is NC(=O)CCC(NC(=O)C(CC(=O)O)NC(=O)C(N)Cc1ccccc1)C(=O)NC(CS)C(=O)O. The van der Waals surface area contributed by atoms with Gasteiger partial charge in [0.15, 0.2) is 0 Å². The Morgan fingerprint density at radius 1 is 0.857 bits per heavy atom. The van der Waals surface area contributed by atoms with Crippen LogP contribution in [0.1, 0.15) is 24.8 Å². The normalized spacial score (nSPS) is 14.0. The second-order valence-corrected chi connectivity index (χ2v) is 7.97. The van der Waals surface area contributed by atoms with E-state index in [-0.39, 0.29) is 25.0 Å². The number of hydrogen-bond donors (Lipinski definition) is 8. The first-order valence-electron chi connectivity index (χ1n) is 10.5. The van der Waals surface area contributed by atoms with Crippen molar-refractivity contribution in [3.05, 3.63) is 35.9 Å². The average Bonchev–Trinajstić information content (AvgIpc) is 2.79. The number of rotatable bonds is 15. The van der Waals surface area contributed by atoms with Crippen LogP contribution >= 0.6 is 12.6 Å². The Morgan fingerprint density at radius 3 is 1.91 bits per heavy atom. The average molecular weight is 512 g/mol. The summed E-state index contributed by atoms with van der Waals surface area (Å²) in [5.41, 5.74) is 11.7. The summed E-state index contributed by atoms with van der Waals surface area (Å²) in [5, 5.41) is 24.9. The largest absolute Gasteiger partial charge is 0.481 e. The molecule has 0 fully saturated rings. The Morgan fingerprint density at radius 2 is 1.40 bits per heavy atom. The van der Waals surface area contributed by atoms with Gasteiger partial charge in [0.1, 0.15) is 18.1 Å². The van der Waals surface area contributed by atoms with Crippen LogP contribution in [0.4, 0.5) is 0 Å². The van der Waals surface area contributed by atoms with Crippen molar-refractivity contribution in [3.8, 4) is 0 Å². The van der Waals surface area contributed by atoms with E-state index < -0.39 is 66.2 Å². The number of hydrogen-bond acceptors (Lipinski definition) is 8. The molecule has 0 bridgehead atoms. The maximum Gasteiger partial charge on any atom is 0.327 e. The number of nitrogens with one attached hydrogen (secondary N) is 3. The molecule has 0 aliphatic heterocycles. The number of carboxylic acids is 2. The lowest BCUT2D eigenvalue weighted by Gasteiger charge is -2.24. The standard InChI is InChI=1S/C21H29N5O8S/c22-12(8-11-4-2-1-3-5-11)18(30)25-14(9-17(28)29)20(32)24-13(6-7-16(23)27)19(31)26-15(10-35)21(33)34/h1-5,12-15,35H,6-10,22H2,(H2,23,27)(H,24,32)(H,25,30)(H,26,31)(H,28,29)(H,33,34). The van der Waals surface area contributed by atoms with Crippen LogP contribution < -0.4 is 27.4 Å². The van der Waals surface area contributed by atoms with Gasteiger partial charge >= 0.3 is 11.9 Å². The molecule has 0 saturated heterocycles. The molecule has 4 amide bonds. The van der Waals surface area contributed by atoms with E-state index in [0.29, 0.717) is 0 Å². The molecule has 35 heavy (non-hydrogen) atoms.